The zero-order valence-electron chi connectivity index (χ0n) is 6.95. The number of thiazole rings is 1. The van der Waals surface area contributed by atoms with Crippen molar-refractivity contribution in [3.63, 3.8) is 0 Å². The lowest BCUT2D eigenvalue weighted by Gasteiger charge is -1.88. The third-order valence-electron chi connectivity index (χ3n) is 1.55. The lowest BCUT2D eigenvalue weighted by molar-refractivity contribution is 0.184. The molecule has 2 rings (SSSR count). The van der Waals surface area contributed by atoms with E-state index in [2.05, 4.69) is 9.97 Å². The van der Waals surface area contributed by atoms with Gasteiger partial charge < -0.3 is 4.74 Å². The summed E-state index contributed by atoms with van der Waals surface area (Å²) in [5.74, 6) is 0. The van der Waals surface area contributed by atoms with Crippen molar-refractivity contribution in [3.8, 4) is 0 Å². The number of methoxy groups -OCH3 is 1. The van der Waals surface area contributed by atoms with Crippen molar-refractivity contribution in [1.82, 2.24) is 9.97 Å². The normalized spacial score (nSPS) is 10.9. The fourth-order valence-electron chi connectivity index (χ4n) is 1.04. The van der Waals surface area contributed by atoms with Crippen molar-refractivity contribution in [2.24, 2.45) is 0 Å². The number of halogens is 1. The van der Waals surface area contributed by atoms with Crippen molar-refractivity contribution in [3.05, 3.63) is 22.4 Å². The molecule has 2 aromatic rings. The number of fused-ring (bicyclic) bond motifs is 1. The van der Waals surface area contributed by atoms with Crippen LogP contribution < -0.4 is 0 Å². The smallest absolute Gasteiger partial charge is 0.131 e. The number of hydrogen-bond acceptors (Lipinski definition) is 4. The first kappa shape index (κ1) is 8.87. The molecule has 13 heavy (non-hydrogen) atoms. The van der Waals surface area contributed by atoms with E-state index in [1.807, 2.05) is 0 Å². The Hall–Kier alpha value is -0.710. The molecule has 5 heteroatoms. The monoisotopic (exact) mass is 214 g/mol. The van der Waals surface area contributed by atoms with Crippen LogP contribution in [0.2, 0.25) is 5.15 Å². The van der Waals surface area contributed by atoms with Gasteiger partial charge >= 0.3 is 0 Å². The van der Waals surface area contributed by atoms with Gasteiger partial charge in [0, 0.05) is 19.4 Å². The summed E-state index contributed by atoms with van der Waals surface area (Å²) in [4.78, 5) is 8.31. The molecule has 0 aliphatic carbocycles. The van der Waals surface area contributed by atoms with E-state index >= 15 is 0 Å². The largest absolute Gasteiger partial charge is 0.378 e. The first-order valence-corrected chi connectivity index (χ1v) is 4.89. The fraction of sp³-hybridized carbons (Fsp3) is 0.250. The number of nitrogens with zero attached hydrogens (tertiary/aromatic N) is 2. The maximum absolute atomic E-state index is 5.73. The molecule has 0 unspecified atom stereocenters. The molecule has 0 aliphatic rings. The predicted octanol–water partition coefficient (Wildman–Crippen LogP) is 2.49. The third-order valence-corrected chi connectivity index (χ3v) is 2.74. The van der Waals surface area contributed by atoms with Gasteiger partial charge in [-0.05, 0) is 0 Å². The lowest BCUT2D eigenvalue weighted by atomic mass is 10.4. The Kier molecular flexibility index (Phi) is 2.44. The summed E-state index contributed by atoms with van der Waals surface area (Å²) in [5, 5.41) is 1.42. The number of aromatic nitrogens is 2. The van der Waals surface area contributed by atoms with E-state index in [1.165, 1.54) is 0 Å². The molecule has 3 nitrogen and oxygen atoms in total. The number of hydrogen-bond donors (Lipinski definition) is 0. The Balaban J connectivity index is 2.49. The summed E-state index contributed by atoms with van der Waals surface area (Å²) >= 11 is 7.30. The second-order valence-corrected chi connectivity index (χ2v) is 4.02. The molecule has 0 saturated heterocycles. The Labute approximate surface area is 84.3 Å². The molecule has 68 valence electrons. The maximum atomic E-state index is 5.73. The van der Waals surface area contributed by atoms with Gasteiger partial charge in [0.25, 0.3) is 0 Å². The van der Waals surface area contributed by atoms with Crippen molar-refractivity contribution >= 4 is 33.2 Å². The van der Waals surface area contributed by atoms with Crippen molar-refractivity contribution < 1.29 is 4.74 Å². The first-order valence-electron chi connectivity index (χ1n) is 3.69. The van der Waals surface area contributed by atoms with Gasteiger partial charge in [-0.15, -0.1) is 11.3 Å². The lowest BCUT2D eigenvalue weighted by Crippen LogP contribution is -1.83. The molecule has 0 atom stereocenters. The average Bonchev–Trinajstić information content (AvgIpc) is 2.46. The highest BCUT2D eigenvalue weighted by Gasteiger charge is 2.03. The Morgan fingerprint density at radius 2 is 2.46 bits per heavy atom. The molecule has 0 saturated carbocycles. The van der Waals surface area contributed by atoms with Crippen LogP contribution in [0.4, 0.5) is 0 Å². The molecule has 0 spiro atoms. The molecule has 0 aromatic carbocycles. The van der Waals surface area contributed by atoms with Gasteiger partial charge in [0.05, 0.1) is 16.8 Å². The second-order valence-electron chi connectivity index (χ2n) is 2.52. The number of rotatable bonds is 2. The van der Waals surface area contributed by atoms with Crippen LogP contribution in [-0.4, -0.2) is 17.1 Å². The van der Waals surface area contributed by atoms with Gasteiger partial charge in [-0.2, -0.15) is 0 Å². The van der Waals surface area contributed by atoms with Crippen LogP contribution in [0.5, 0.6) is 0 Å². The molecule has 0 radical (unpaired) electrons. The van der Waals surface area contributed by atoms with Crippen LogP contribution in [0.15, 0.2) is 12.3 Å². The Bertz CT molecular complexity index is 429. The fourth-order valence-corrected chi connectivity index (χ4v) is 2.08. The molecular weight excluding hydrogens is 208 g/mol. The zero-order chi connectivity index (χ0) is 9.26. The van der Waals surface area contributed by atoms with Crippen LogP contribution in [0.25, 0.3) is 10.2 Å². The van der Waals surface area contributed by atoms with Crippen LogP contribution in [-0.2, 0) is 11.3 Å². The summed E-state index contributed by atoms with van der Waals surface area (Å²) in [6.07, 6.45) is 1.73. The van der Waals surface area contributed by atoms with Crippen LogP contribution in [0.1, 0.15) is 5.01 Å². The molecule has 0 N–H and O–H groups in total. The zero-order valence-corrected chi connectivity index (χ0v) is 8.52. The molecule has 2 aromatic heterocycles. The van der Waals surface area contributed by atoms with Gasteiger partial charge in [0.15, 0.2) is 0 Å². The van der Waals surface area contributed by atoms with E-state index in [4.69, 9.17) is 16.3 Å². The minimum atomic E-state index is 0.474. The Morgan fingerprint density at radius 3 is 3.23 bits per heavy atom. The summed E-state index contributed by atoms with van der Waals surface area (Å²) in [6, 6.07) is 1.76. The van der Waals surface area contributed by atoms with Crippen LogP contribution >= 0.6 is 22.9 Å². The topological polar surface area (TPSA) is 35.0 Å². The first-order chi connectivity index (χ1) is 6.29. The molecule has 0 amide bonds. The molecule has 2 heterocycles. The molecule has 0 aliphatic heterocycles. The average molecular weight is 215 g/mol. The van der Waals surface area contributed by atoms with Gasteiger partial charge in [0.1, 0.15) is 10.2 Å². The molecule has 0 fully saturated rings. The maximum Gasteiger partial charge on any atom is 0.131 e. The molecule has 0 bridgehead atoms. The predicted molar refractivity (Wildman–Crippen MR) is 53.1 cm³/mol. The molecular formula is C8H7ClN2OS. The van der Waals surface area contributed by atoms with E-state index in [-0.39, 0.29) is 0 Å². The SMILES string of the molecule is COCc1nc2cc(Cl)ncc2s1. The highest BCUT2D eigenvalue weighted by Crippen LogP contribution is 2.23. The van der Waals surface area contributed by atoms with E-state index < -0.39 is 0 Å². The minimum absolute atomic E-state index is 0.474. The van der Waals surface area contributed by atoms with Crippen molar-refractivity contribution in [2.75, 3.05) is 7.11 Å². The van der Waals surface area contributed by atoms with E-state index in [9.17, 15) is 0 Å². The van der Waals surface area contributed by atoms with Gasteiger partial charge in [-0.3, -0.25) is 0 Å². The Morgan fingerprint density at radius 1 is 1.62 bits per heavy atom. The van der Waals surface area contributed by atoms with E-state index in [0.717, 1.165) is 15.2 Å². The van der Waals surface area contributed by atoms with E-state index in [1.54, 1.807) is 30.7 Å². The summed E-state index contributed by atoms with van der Waals surface area (Å²) in [5.41, 5.74) is 0.886. The minimum Gasteiger partial charge on any atom is -0.378 e. The van der Waals surface area contributed by atoms with E-state index in [0.29, 0.717) is 11.8 Å². The van der Waals surface area contributed by atoms with Crippen molar-refractivity contribution in [2.45, 2.75) is 6.61 Å². The van der Waals surface area contributed by atoms with Gasteiger partial charge in [-0.1, -0.05) is 11.6 Å². The van der Waals surface area contributed by atoms with Gasteiger partial charge in [-0.25, -0.2) is 9.97 Å². The quantitative estimate of drug-likeness (QED) is 0.721. The van der Waals surface area contributed by atoms with Crippen LogP contribution in [0.3, 0.4) is 0 Å². The summed E-state index contributed by atoms with van der Waals surface area (Å²) in [7, 11) is 1.65. The van der Waals surface area contributed by atoms with Gasteiger partial charge in [0.2, 0.25) is 0 Å². The van der Waals surface area contributed by atoms with Crippen molar-refractivity contribution in [1.29, 1.82) is 0 Å². The highest BCUT2D eigenvalue weighted by molar-refractivity contribution is 7.18. The number of pyridine rings is 1. The van der Waals surface area contributed by atoms with Crippen LogP contribution in [0, 0.1) is 0 Å². The summed E-state index contributed by atoms with van der Waals surface area (Å²) in [6.45, 7) is 0.539. The standard InChI is InChI=1S/C8H7ClN2OS/c1-12-4-8-11-5-2-7(9)10-3-6(5)13-8/h2-3H,4H2,1H3. The second kappa shape index (κ2) is 3.57. The third kappa shape index (κ3) is 1.80. The summed E-state index contributed by atoms with van der Waals surface area (Å²) < 4.78 is 6.02. The highest BCUT2D eigenvalue weighted by atomic mass is 35.5. The number of ether oxygens (including phenoxy) is 1.